The van der Waals surface area contributed by atoms with Gasteiger partial charge in [-0.3, -0.25) is 9.89 Å². The zero-order valence-electron chi connectivity index (χ0n) is 18.0. The van der Waals surface area contributed by atoms with Crippen molar-refractivity contribution in [1.82, 2.24) is 30.5 Å². The van der Waals surface area contributed by atoms with Crippen molar-refractivity contribution in [2.45, 2.75) is 6.42 Å². The van der Waals surface area contributed by atoms with Crippen LogP contribution in [0.15, 0.2) is 72.7 Å². The summed E-state index contributed by atoms with van der Waals surface area (Å²) in [5.74, 6) is 0.214. The smallest absolute Gasteiger partial charge is 0.272 e. The SMILES string of the molecule is N=C/C=C(\C=N)NC(=O)c1cc2ccc(-c3nccc(Cc4ccc5[nH]ncc5c4)n3)cc2[nH]1. The number of allylic oxidation sites excluding steroid dienone is 2. The van der Waals surface area contributed by atoms with Crippen LogP contribution in [0.3, 0.4) is 0 Å². The van der Waals surface area contributed by atoms with Gasteiger partial charge >= 0.3 is 0 Å². The van der Waals surface area contributed by atoms with Crippen LogP contribution < -0.4 is 5.32 Å². The summed E-state index contributed by atoms with van der Waals surface area (Å²) in [5.41, 5.74) is 5.23. The molecule has 1 amide bonds. The van der Waals surface area contributed by atoms with E-state index in [0.717, 1.165) is 51.1 Å². The average Bonchev–Trinajstić information content (AvgIpc) is 3.50. The van der Waals surface area contributed by atoms with Gasteiger partial charge in [0.2, 0.25) is 0 Å². The Bertz CT molecular complexity index is 1580. The molecule has 0 saturated carbocycles. The molecule has 0 aliphatic rings. The molecule has 3 aromatic heterocycles. The van der Waals surface area contributed by atoms with Gasteiger partial charge in [-0.05, 0) is 42.0 Å². The van der Waals surface area contributed by atoms with E-state index in [0.29, 0.717) is 17.9 Å². The van der Waals surface area contributed by atoms with Gasteiger partial charge in [0.25, 0.3) is 5.91 Å². The number of aromatic nitrogens is 5. The van der Waals surface area contributed by atoms with Gasteiger partial charge < -0.3 is 21.1 Å². The number of fused-ring (bicyclic) bond motifs is 2. The quantitative estimate of drug-likeness (QED) is 0.239. The van der Waals surface area contributed by atoms with Crippen molar-refractivity contribution in [2.75, 3.05) is 0 Å². The first-order valence-corrected chi connectivity index (χ1v) is 10.5. The Morgan fingerprint density at radius 2 is 1.94 bits per heavy atom. The molecule has 0 bridgehead atoms. The lowest BCUT2D eigenvalue weighted by Gasteiger charge is -2.05. The summed E-state index contributed by atoms with van der Waals surface area (Å²) in [6.45, 7) is 0. The van der Waals surface area contributed by atoms with Crippen molar-refractivity contribution in [3.63, 3.8) is 0 Å². The van der Waals surface area contributed by atoms with Crippen LogP contribution in [0.5, 0.6) is 0 Å². The van der Waals surface area contributed by atoms with E-state index < -0.39 is 0 Å². The number of rotatable bonds is 7. The number of carbonyl (C=O) groups is 1. The normalized spacial score (nSPS) is 11.6. The number of nitrogens with zero attached hydrogens (tertiary/aromatic N) is 3. The molecule has 2 aromatic carbocycles. The highest BCUT2D eigenvalue weighted by molar-refractivity contribution is 6.02. The van der Waals surface area contributed by atoms with Gasteiger partial charge in [0.15, 0.2) is 5.82 Å². The third-order valence-corrected chi connectivity index (χ3v) is 5.40. The van der Waals surface area contributed by atoms with Gasteiger partial charge in [0.1, 0.15) is 5.69 Å². The van der Waals surface area contributed by atoms with Crippen LogP contribution in [0.4, 0.5) is 0 Å². The van der Waals surface area contributed by atoms with Gasteiger partial charge in [0.05, 0.1) is 17.4 Å². The maximum absolute atomic E-state index is 12.5. The van der Waals surface area contributed by atoms with Crippen LogP contribution in [0, 0.1) is 10.8 Å². The average molecular weight is 448 g/mol. The van der Waals surface area contributed by atoms with E-state index in [2.05, 4.69) is 37.6 Å². The van der Waals surface area contributed by atoms with Crippen molar-refractivity contribution >= 4 is 40.1 Å². The Kier molecular flexibility index (Phi) is 5.49. The molecule has 166 valence electrons. The van der Waals surface area contributed by atoms with Crippen molar-refractivity contribution < 1.29 is 4.79 Å². The molecule has 0 spiro atoms. The van der Waals surface area contributed by atoms with Gasteiger partial charge in [-0.2, -0.15) is 5.10 Å². The second-order valence-electron chi connectivity index (χ2n) is 7.71. The molecule has 3 heterocycles. The molecule has 0 fully saturated rings. The molecular weight excluding hydrogens is 428 g/mol. The minimum absolute atomic E-state index is 0.233. The predicted octanol–water partition coefficient (Wildman–Crippen LogP) is 4.00. The lowest BCUT2D eigenvalue weighted by molar-refractivity contribution is 0.0964. The zero-order valence-corrected chi connectivity index (χ0v) is 18.0. The maximum atomic E-state index is 12.5. The molecule has 9 heteroatoms. The lowest BCUT2D eigenvalue weighted by atomic mass is 10.1. The van der Waals surface area contributed by atoms with Crippen LogP contribution in [-0.4, -0.2) is 43.5 Å². The number of hydrogen-bond acceptors (Lipinski definition) is 6. The van der Waals surface area contributed by atoms with E-state index in [4.69, 9.17) is 15.8 Å². The second-order valence-corrected chi connectivity index (χ2v) is 7.71. The number of benzene rings is 2. The molecule has 0 unspecified atom stereocenters. The Morgan fingerprint density at radius 3 is 2.79 bits per heavy atom. The highest BCUT2D eigenvalue weighted by Crippen LogP contribution is 2.23. The number of carbonyl (C=O) groups excluding carboxylic acids is 1. The lowest BCUT2D eigenvalue weighted by Crippen LogP contribution is -2.23. The molecule has 9 nitrogen and oxygen atoms in total. The number of nitrogens with one attached hydrogen (secondary N) is 5. The molecule has 0 aliphatic carbocycles. The summed E-state index contributed by atoms with van der Waals surface area (Å²) in [4.78, 5) is 24.8. The monoisotopic (exact) mass is 448 g/mol. The zero-order chi connectivity index (χ0) is 23.5. The Balaban J connectivity index is 1.39. The standard InChI is InChI=1S/C25H20N8O/c26-7-5-20(13-27)31-25(34)23-11-16-2-3-17(12-22(16)32-23)24-28-8-6-19(30-24)10-15-1-4-21-18(9-15)14-29-33-21/h1-9,11-14,26-27,32H,10H2,(H,29,33)(H,31,34)/b20-5+,26-7?,27-13?. The van der Waals surface area contributed by atoms with Crippen LogP contribution in [0.1, 0.15) is 21.7 Å². The minimum atomic E-state index is -0.387. The Hall–Kier alpha value is -4.92. The molecule has 0 radical (unpaired) electrons. The van der Waals surface area contributed by atoms with E-state index in [9.17, 15) is 4.79 Å². The molecule has 5 N–H and O–H groups in total. The van der Waals surface area contributed by atoms with Gasteiger partial charge in [0, 0.05) is 52.6 Å². The van der Waals surface area contributed by atoms with Crippen molar-refractivity contribution in [3.8, 4) is 11.4 Å². The first-order chi connectivity index (χ1) is 16.6. The van der Waals surface area contributed by atoms with Crippen molar-refractivity contribution in [2.24, 2.45) is 0 Å². The molecule has 0 saturated heterocycles. The first kappa shape index (κ1) is 21.0. The second kappa shape index (κ2) is 8.91. The summed E-state index contributed by atoms with van der Waals surface area (Å²) in [6, 6.07) is 15.6. The van der Waals surface area contributed by atoms with Crippen molar-refractivity contribution in [3.05, 3.63) is 89.6 Å². The van der Waals surface area contributed by atoms with E-state index in [-0.39, 0.29) is 11.6 Å². The van der Waals surface area contributed by atoms with E-state index in [1.165, 1.54) is 6.08 Å². The predicted molar refractivity (Wildman–Crippen MR) is 131 cm³/mol. The van der Waals surface area contributed by atoms with Crippen LogP contribution in [0.25, 0.3) is 33.2 Å². The fourth-order valence-electron chi connectivity index (χ4n) is 3.75. The van der Waals surface area contributed by atoms with Gasteiger partial charge in [-0.1, -0.05) is 18.2 Å². The first-order valence-electron chi connectivity index (χ1n) is 10.5. The summed E-state index contributed by atoms with van der Waals surface area (Å²) in [7, 11) is 0. The fraction of sp³-hybridized carbons (Fsp3) is 0.0400. The molecule has 34 heavy (non-hydrogen) atoms. The van der Waals surface area contributed by atoms with E-state index in [1.54, 1.807) is 18.5 Å². The molecule has 0 atom stereocenters. The highest BCUT2D eigenvalue weighted by Gasteiger charge is 2.12. The molecule has 0 aliphatic heterocycles. The largest absolute Gasteiger partial charge is 0.350 e. The third kappa shape index (κ3) is 4.22. The van der Waals surface area contributed by atoms with E-state index in [1.807, 2.05) is 30.3 Å². The van der Waals surface area contributed by atoms with Gasteiger partial charge in [-0.15, -0.1) is 0 Å². The maximum Gasteiger partial charge on any atom is 0.272 e. The molecule has 5 rings (SSSR count). The summed E-state index contributed by atoms with van der Waals surface area (Å²) in [6.07, 6.45) is 7.57. The fourth-order valence-corrected chi connectivity index (χ4v) is 3.75. The number of aromatic amines is 2. The highest BCUT2D eigenvalue weighted by atomic mass is 16.1. The van der Waals surface area contributed by atoms with Crippen LogP contribution >= 0.6 is 0 Å². The summed E-state index contributed by atoms with van der Waals surface area (Å²) in [5, 5.41) is 26.0. The number of amides is 1. The number of H-pyrrole nitrogens is 2. The van der Waals surface area contributed by atoms with Crippen LogP contribution in [0.2, 0.25) is 0 Å². The van der Waals surface area contributed by atoms with Crippen LogP contribution in [-0.2, 0) is 6.42 Å². The topological polar surface area (TPSA) is 147 Å². The Labute approximate surface area is 194 Å². The molecular formula is C25H20N8O. The third-order valence-electron chi connectivity index (χ3n) is 5.40. The van der Waals surface area contributed by atoms with E-state index >= 15 is 0 Å². The summed E-state index contributed by atoms with van der Waals surface area (Å²) >= 11 is 0. The molecule has 5 aromatic rings. The Morgan fingerprint density at radius 1 is 1.03 bits per heavy atom. The van der Waals surface area contributed by atoms with Gasteiger partial charge in [-0.25, -0.2) is 9.97 Å². The summed E-state index contributed by atoms with van der Waals surface area (Å²) < 4.78 is 0. The minimum Gasteiger partial charge on any atom is -0.350 e. The van der Waals surface area contributed by atoms with Crippen molar-refractivity contribution in [1.29, 1.82) is 10.8 Å². The number of hydrogen-bond donors (Lipinski definition) is 5.